The number of halogens is 3. The standard InChI is InChI=1S/C19H15F3NO/c1-18(2,24)15-11-23-16-10-6-4-8-13(16)17(15)12-7-3-5-9-14(12)19(20,21)22/h3-5,7-11,24H,1-2H3. The summed E-state index contributed by atoms with van der Waals surface area (Å²) in [4.78, 5) is 4.25. The zero-order chi connectivity index (χ0) is 17.5. The van der Waals surface area contributed by atoms with E-state index >= 15 is 0 Å². The third-order valence-corrected chi connectivity index (χ3v) is 3.87. The summed E-state index contributed by atoms with van der Waals surface area (Å²) in [5.74, 6) is 0. The van der Waals surface area contributed by atoms with Crippen molar-refractivity contribution in [2.45, 2.75) is 25.6 Å². The molecule has 2 nitrogen and oxygen atoms in total. The Morgan fingerprint density at radius 1 is 1.04 bits per heavy atom. The van der Waals surface area contributed by atoms with Gasteiger partial charge < -0.3 is 5.11 Å². The minimum Gasteiger partial charge on any atom is -0.386 e. The molecule has 1 heterocycles. The molecule has 0 saturated heterocycles. The van der Waals surface area contributed by atoms with E-state index in [9.17, 15) is 18.3 Å². The maximum absolute atomic E-state index is 13.5. The monoisotopic (exact) mass is 330 g/mol. The van der Waals surface area contributed by atoms with Crippen molar-refractivity contribution < 1.29 is 18.3 Å². The van der Waals surface area contributed by atoms with Gasteiger partial charge in [0.05, 0.1) is 16.7 Å². The van der Waals surface area contributed by atoms with Crippen LogP contribution in [0.2, 0.25) is 0 Å². The van der Waals surface area contributed by atoms with Gasteiger partial charge in [-0.3, -0.25) is 4.98 Å². The predicted molar refractivity (Wildman–Crippen MR) is 86.3 cm³/mol. The van der Waals surface area contributed by atoms with Crippen LogP contribution >= 0.6 is 0 Å². The molecule has 1 aromatic heterocycles. The van der Waals surface area contributed by atoms with Crippen molar-refractivity contribution in [2.75, 3.05) is 0 Å². The molecule has 0 bridgehead atoms. The summed E-state index contributed by atoms with van der Waals surface area (Å²) in [6.07, 6.45) is -3.07. The number of fused-ring (bicyclic) bond motifs is 1. The summed E-state index contributed by atoms with van der Waals surface area (Å²) in [5.41, 5.74) is -0.837. The molecular formula is C19H15F3NO. The number of alkyl halides is 3. The molecule has 0 aliphatic rings. The van der Waals surface area contributed by atoms with Crippen LogP contribution in [0.25, 0.3) is 22.0 Å². The minimum atomic E-state index is -4.50. The van der Waals surface area contributed by atoms with Crippen LogP contribution in [0.5, 0.6) is 0 Å². The first-order chi connectivity index (χ1) is 11.2. The summed E-state index contributed by atoms with van der Waals surface area (Å²) >= 11 is 0. The van der Waals surface area contributed by atoms with Crippen LogP contribution in [0.4, 0.5) is 13.2 Å². The molecule has 24 heavy (non-hydrogen) atoms. The van der Waals surface area contributed by atoms with E-state index in [1.165, 1.54) is 32.2 Å². The summed E-state index contributed by atoms with van der Waals surface area (Å²) in [6.45, 7) is 3.06. The highest BCUT2D eigenvalue weighted by molar-refractivity contribution is 5.97. The molecule has 1 radical (unpaired) electrons. The Morgan fingerprint density at radius 2 is 1.75 bits per heavy atom. The van der Waals surface area contributed by atoms with E-state index in [2.05, 4.69) is 11.1 Å². The van der Waals surface area contributed by atoms with Crippen LogP contribution in [-0.2, 0) is 11.8 Å². The quantitative estimate of drug-likeness (QED) is 0.721. The van der Waals surface area contributed by atoms with Gasteiger partial charge in [0.15, 0.2) is 0 Å². The lowest BCUT2D eigenvalue weighted by atomic mass is 9.86. The van der Waals surface area contributed by atoms with E-state index in [0.29, 0.717) is 22.0 Å². The highest BCUT2D eigenvalue weighted by Gasteiger charge is 2.35. The van der Waals surface area contributed by atoms with Crippen LogP contribution in [0, 0.1) is 6.07 Å². The molecule has 3 rings (SSSR count). The summed E-state index contributed by atoms with van der Waals surface area (Å²) in [5, 5.41) is 11.0. The second kappa shape index (κ2) is 5.60. The highest BCUT2D eigenvalue weighted by Crippen LogP contribution is 2.42. The Kier molecular flexibility index (Phi) is 3.84. The summed E-state index contributed by atoms with van der Waals surface area (Å²) < 4.78 is 40.4. The van der Waals surface area contributed by atoms with Crippen molar-refractivity contribution >= 4 is 10.9 Å². The van der Waals surface area contributed by atoms with Gasteiger partial charge in [-0.05, 0) is 43.2 Å². The van der Waals surface area contributed by atoms with Gasteiger partial charge >= 0.3 is 6.18 Å². The van der Waals surface area contributed by atoms with Gasteiger partial charge in [-0.2, -0.15) is 13.2 Å². The predicted octanol–water partition coefficient (Wildman–Crippen LogP) is 4.95. The van der Waals surface area contributed by atoms with E-state index in [1.807, 2.05) is 0 Å². The Bertz CT molecular complexity index is 895. The molecule has 0 spiro atoms. The van der Waals surface area contributed by atoms with Crippen molar-refractivity contribution in [3.8, 4) is 11.1 Å². The molecule has 0 saturated carbocycles. The van der Waals surface area contributed by atoms with Gasteiger partial charge in [0, 0.05) is 17.1 Å². The zero-order valence-electron chi connectivity index (χ0n) is 13.1. The third kappa shape index (κ3) is 2.87. The average Bonchev–Trinajstić information content (AvgIpc) is 2.52. The number of hydrogen-bond acceptors (Lipinski definition) is 2. The molecule has 0 unspecified atom stereocenters. The lowest BCUT2D eigenvalue weighted by Crippen LogP contribution is -2.18. The Balaban J connectivity index is 2.46. The minimum absolute atomic E-state index is 0.0284. The number of pyridine rings is 1. The smallest absolute Gasteiger partial charge is 0.386 e. The van der Waals surface area contributed by atoms with Gasteiger partial charge in [0.2, 0.25) is 0 Å². The molecule has 5 heteroatoms. The van der Waals surface area contributed by atoms with Crippen LogP contribution in [0.3, 0.4) is 0 Å². The maximum atomic E-state index is 13.5. The molecule has 2 aromatic carbocycles. The molecule has 123 valence electrons. The number of hydrogen-bond donors (Lipinski definition) is 1. The summed E-state index contributed by atoms with van der Waals surface area (Å²) in [7, 11) is 0. The van der Waals surface area contributed by atoms with E-state index < -0.39 is 17.3 Å². The Hall–Kier alpha value is -2.40. The number of aromatic nitrogens is 1. The second-order valence-corrected chi connectivity index (χ2v) is 6.09. The van der Waals surface area contributed by atoms with Crippen LogP contribution in [-0.4, -0.2) is 10.1 Å². The highest BCUT2D eigenvalue weighted by atomic mass is 19.4. The van der Waals surface area contributed by atoms with Crippen LogP contribution in [0.1, 0.15) is 25.0 Å². The molecule has 0 atom stereocenters. The average molecular weight is 330 g/mol. The fourth-order valence-electron chi connectivity index (χ4n) is 2.79. The van der Waals surface area contributed by atoms with E-state index in [0.717, 1.165) is 6.07 Å². The Morgan fingerprint density at radius 3 is 2.42 bits per heavy atom. The van der Waals surface area contributed by atoms with Crippen LogP contribution in [0.15, 0.2) is 48.7 Å². The molecule has 0 amide bonds. The second-order valence-electron chi connectivity index (χ2n) is 6.09. The summed E-state index contributed by atoms with van der Waals surface area (Å²) in [6, 6.07) is 13.2. The van der Waals surface area contributed by atoms with Gasteiger partial charge in [0.1, 0.15) is 0 Å². The maximum Gasteiger partial charge on any atom is 0.417 e. The van der Waals surface area contributed by atoms with Crippen molar-refractivity contribution in [3.05, 3.63) is 65.9 Å². The largest absolute Gasteiger partial charge is 0.417 e. The normalized spacial score (nSPS) is 12.6. The number of benzene rings is 2. The molecule has 0 aliphatic carbocycles. The Labute approximate surface area is 137 Å². The first-order valence-electron chi connectivity index (χ1n) is 7.38. The number of aliphatic hydroxyl groups is 1. The molecule has 3 aromatic rings. The van der Waals surface area contributed by atoms with Gasteiger partial charge in [-0.1, -0.05) is 30.3 Å². The van der Waals surface area contributed by atoms with Gasteiger partial charge in [0.25, 0.3) is 0 Å². The van der Waals surface area contributed by atoms with Crippen molar-refractivity contribution in [1.29, 1.82) is 0 Å². The van der Waals surface area contributed by atoms with E-state index in [4.69, 9.17) is 0 Å². The number of rotatable bonds is 2. The van der Waals surface area contributed by atoms with Gasteiger partial charge in [-0.15, -0.1) is 0 Å². The van der Waals surface area contributed by atoms with Crippen molar-refractivity contribution in [2.24, 2.45) is 0 Å². The third-order valence-electron chi connectivity index (χ3n) is 3.87. The molecule has 0 fully saturated rings. The van der Waals surface area contributed by atoms with E-state index in [1.54, 1.807) is 24.3 Å². The fourth-order valence-corrected chi connectivity index (χ4v) is 2.79. The van der Waals surface area contributed by atoms with Gasteiger partial charge in [-0.25, -0.2) is 0 Å². The first-order valence-corrected chi connectivity index (χ1v) is 7.38. The lowest BCUT2D eigenvalue weighted by molar-refractivity contribution is -0.137. The number of nitrogens with zero attached hydrogens (tertiary/aromatic N) is 1. The van der Waals surface area contributed by atoms with Crippen molar-refractivity contribution in [3.63, 3.8) is 0 Å². The SMILES string of the molecule is CC(C)(O)c1cnc2c[c]ccc2c1-c1ccccc1C(F)(F)F. The molecular weight excluding hydrogens is 315 g/mol. The lowest BCUT2D eigenvalue weighted by Gasteiger charge is -2.24. The fraction of sp³-hybridized carbons (Fsp3) is 0.211. The molecule has 1 N–H and O–H groups in total. The zero-order valence-corrected chi connectivity index (χ0v) is 13.1. The van der Waals surface area contributed by atoms with E-state index in [-0.39, 0.29) is 5.56 Å². The van der Waals surface area contributed by atoms with Crippen molar-refractivity contribution in [1.82, 2.24) is 4.98 Å². The molecule has 0 aliphatic heterocycles. The topological polar surface area (TPSA) is 33.1 Å². The first kappa shape index (κ1) is 16.5. The van der Waals surface area contributed by atoms with Crippen LogP contribution < -0.4 is 0 Å².